The maximum Gasteiger partial charge on any atom is 0.305 e. The first-order valence-corrected chi connectivity index (χ1v) is 5.83. The van der Waals surface area contributed by atoms with Gasteiger partial charge in [0.15, 0.2) is 0 Å². The van der Waals surface area contributed by atoms with Crippen LogP contribution in [0.2, 0.25) is 0 Å². The molecule has 100 valence electrons. The molecule has 0 bridgehead atoms. The first kappa shape index (κ1) is 13.2. The van der Waals surface area contributed by atoms with Crippen molar-refractivity contribution in [2.75, 3.05) is 6.54 Å². The maximum atomic E-state index is 13.7. The molecule has 0 aliphatic heterocycles. The number of nitro groups is 1. The molecule has 0 spiro atoms. The van der Waals surface area contributed by atoms with Gasteiger partial charge >= 0.3 is 5.69 Å². The van der Waals surface area contributed by atoms with Gasteiger partial charge in [0.25, 0.3) is 0 Å². The van der Waals surface area contributed by atoms with Gasteiger partial charge in [-0.05, 0) is 12.1 Å². The number of hydrogen-bond acceptors (Lipinski definition) is 4. The van der Waals surface area contributed by atoms with Gasteiger partial charge in [-0.2, -0.15) is 4.39 Å². The van der Waals surface area contributed by atoms with Crippen molar-refractivity contribution in [1.29, 1.82) is 0 Å². The molecule has 1 aromatic heterocycles. The van der Waals surface area contributed by atoms with Crippen LogP contribution in [0, 0.1) is 15.9 Å². The average molecular weight is 264 g/mol. The van der Waals surface area contributed by atoms with Crippen LogP contribution in [0.25, 0.3) is 0 Å². The maximum absolute atomic E-state index is 13.7. The van der Waals surface area contributed by atoms with E-state index in [1.807, 2.05) is 6.07 Å². The summed E-state index contributed by atoms with van der Waals surface area (Å²) in [7, 11) is 0. The highest BCUT2D eigenvalue weighted by Crippen LogP contribution is 2.19. The van der Waals surface area contributed by atoms with E-state index in [9.17, 15) is 14.5 Å². The molecule has 0 atom stereocenters. The molecule has 1 aromatic carbocycles. The van der Waals surface area contributed by atoms with Gasteiger partial charge in [0, 0.05) is 31.1 Å². The number of nitro benzene ring substituents is 1. The summed E-state index contributed by atoms with van der Waals surface area (Å²) in [6, 6.07) is 7.82. The van der Waals surface area contributed by atoms with Crippen molar-refractivity contribution < 1.29 is 13.7 Å². The van der Waals surface area contributed by atoms with E-state index in [-0.39, 0.29) is 12.1 Å². The third-order valence-electron chi connectivity index (χ3n) is 2.70. The molecular formula is C13H13FN2O3. The van der Waals surface area contributed by atoms with E-state index in [0.717, 1.165) is 11.8 Å². The van der Waals surface area contributed by atoms with Gasteiger partial charge in [-0.1, -0.05) is 12.1 Å². The molecule has 1 heterocycles. The highest BCUT2D eigenvalue weighted by Gasteiger charge is 2.16. The minimum absolute atomic E-state index is 0.244. The van der Waals surface area contributed by atoms with Gasteiger partial charge in [-0.25, -0.2) is 0 Å². The zero-order valence-corrected chi connectivity index (χ0v) is 10.1. The van der Waals surface area contributed by atoms with Crippen molar-refractivity contribution in [3.63, 3.8) is 0 Å². The fourth-order valence-electron chi connectivity index (χ4n) is 1.73. The molecule has 5 nitrogen and oxygen atoms in total. The molecular weight excluding hydrogens is 251 g/mol. The fourth-order valence-corrected chi connectivity index (χ4v) is 1.73. The van der Waals surface area contributed by atoms with E-state index >= 15 is 0 Å². The Kier molecular flexibility index (Phi) is 4.25. The van der Waals surface area contributed by atoms with E-state index in [0.29, 0.717) is 13.0 Å². The summed E-state index contributed by atoms with van der Waals surface area (Å²) in [6.45, 7) is 0.851. The van der Waals surface area contributed by atoms with Crippen molar-refractivity contribution in [3.05, 3.63) is 63.9 Å². The summed E-state index contributed by atoms with van der Waals surface area (Å²) >= 11 is 0. The van der Waals surface area contributed by atoms with E-state index in [4.69, 9.17) is 4.42 Å². The predicted octanol–water partition coefficient (Wildman–Crippen LogP) is 2.66. The molecule has 0 radical (unpaired) electrons. The van der Waals surface area contributed by atoms with Gasteiger partial charge in [0.2, 0.25) is 5.82 Å². The topological polar surface area (TPSA) is 68.3 Å². The predicted molar refractivity (Wildman–Crippen MR) is 67.2 cm³/mol. The molecule has 0 saturated heterocycles. The lowest BCUT2D eigenvalue weighted by Gasteiger charge is -2.05. The van der Waals surface area contributed by atoms with E-state index < -0.39 is 16.4 Å². The molecule has 0 aliphatic carbocycles. The Morgan fingerprint density at radius 2 is 2.16 bits per heavy atom. The second-order valence-corrected chi connectivity index (χ2v) is 4.01. The molecule has 1 N–H and O–H groups in total. The Hall–Kier alpha value is -2.21. The minimum atomic E-state index is -0.780. The molecule has 0 fully saturated rings. The van der Waals surface area contributed by atoms with Gasteiger partial charge in [-0.15, -0.1) is 0 Å². The summed E-state index contributed by atoms with van der Waals surface area (Å²) in [5.41, 5.74) is -0.209. The Morgan fingerprint density at radius 3 is 2.84 bits per heavy atom. The Balaban J connectivity index is 1.89. The standard InChI is InChI=1S/C13H13FN2O3/c14-13-10(3-1-5-12(13)16(17)18)9-15-7-6-11-4-2-8-19-11/h1-5,8,15H,6-7,9H2. The van der Waals surface area contributed by atoms with Crippen LogP contribution < -0.4 is 5.32 Å². The number of halogens is 1. The lowest BCUT2D eigenvalue weighted by Crippen LogP contribution is -2.17. The molecule has 2 rings (SSSR count). The van der Waals surface area contributed by atoms with Crippen LogP contribution in [0.4, 0.5) is 10.1 Å². The zero-order chi connectivity index (χ0) is 13.7. The Labute approximate surface area is 109 Å². The summed E-state index contributed by atoms with van der Waals surface area (Å²) in [5.74, 6) is 0.0602. The van der Waals surface area contributed by atoms with Crippen molar-refractivity contribution in [1.82, 2.24) is 5.32 Å². The first-order chi connectivity index (χ1) is 9.18. The molecule has 0 saturated carbocycles. The van der Waals surface area contributed by atoms with Crippen LogP contribution in [0.1, 0.15) is 11.3 Å². The second-order valence-electron chi connectivity index (χ2n) is 4.01. The fraction of sp³-hybridized carbons (Fsp3) is 0.231. The molecule has 0 amide bonds. The van der Waals surface area contributed by atoms with Crippen molar-refractivity contribution in [3.8, 4) is 0 Å². The summed E-state index contributed by atoms with van der Waals surface area (Å²) < 4.78 is 18.9. The zero-order valence-electron chi connectivity index (χ0n) is 10.1. The number of hydrogen-bond donors (Lipinski definition) is 1. The number of nitrogens with one attached hydrogen (secondary N) is 1. The van der Waals surface area contributed by atoms with Crippen molar-refractivity contribution >= 4 is 5.69 Å². The van der Waals surface area contributed by atoms with Crippen LogP contribution in [0.5, 0.6) is 0 Å². The number of benzene rings is 1. The number of furan rings is 1. The number of nitrogens with zero attached hydrogens (tertiary/aromatic N) is 1. The quantitative estimate of drug-likeness (QED) is 0.494. The van der Waals surface area contributed by atoms with Gasteiger partial charge < -0.3 is 9.73 Å². The van der Waals surface area contributed by atoms with E-state index in [2.05, 4.69) is 5.32 Å². The second kappa shape index (κ2) is 6.10. The summed E-state index contributed by atoms with van der Waals surface area (Å²) in [5, 5.41) is 13.6. The van der Waals surface area contributed by atoms with Crippen LogP contribution >= 0.6 is 0 Å². The van der Waals surface area contributed by atoms with Gasteiger partial charge in [-0.3, -0.25) is 10.1 Å². The third kappa shape index (κ3) is 3.38. The third-order valence-corrected chi connectivity index (χ3v) is 2.70. The highest BCUT2D eigenvalue weighted by atomic mass is 19.1. The van der Waals surface area contributed by atoms with Gasteiger partial charge in [0.05, 0.1) is 11.2 Å². The lowest BCUT2D eigenvalue weighted by molar-refractivity contribution is -0.387. The van der Waals surface area contributed by atoms with Gasteiger partial charge in [0.1, 0.15) is 5.76 Å². The molecule has 19 heavy (non-hydrogen) atoms. The van der Waals surface area contributed by atoms with Crippen LogP contribution in [-0.2, 0) is 13.0 Å². The normalized spacial score (nSPS) is 10.6. The highest BCUT2D eigenvalue weighted by molar-refractivity contribution is 5.36. The molecule has 6 heteroatoms. The van der Waals surface area contributed by atoms with Crippen LogP contribution in [-0.4, -0.2) is 11.5 Å². The number of rotatable bonds is 6. The first-order valence-electron chi connectivity index (χ1n) is 5.83. The Bertz CT molecular complexity index is 555. The Morgan fingerprint density at radius 1 is 1.32 bits per heavy atom. The lowest BCUT2D eigenvalue weighted by atomic mass is 10.2. The van der Waals surface area contributed by atoms with Crippen molar-refractivity contribution in [2.45, 2.75) is 13.0 Å². The largest absolute Gasteiger partial charge is 0.469 e. The van der Waals surface area contributed by atoms with Crippen LogP contribution in [0.3, 0.4) is 0 Å². The minimum Gasteiger partial charge on any atom is -0.469 e. The summed E-state index contributed by atoms with van der Waals surface area (Å²) in [4.78, 5) is 9.87. The monoisotopic (exact) mass is 264 g/mol. The average Bonchev–Trinajstić information content (AvgIpc) is 2.89. The molecule has 0 aliphatic rings. The molecule has 2 aromatic rings. The van der Waals surface area contributed by atoms with E-state index in [1.54, 1.807) is 12.3 Å². The smallest absolute Gasteiger partial charge is 0.305 e. The summed E-state index contributed by atoms with van der Waals surface area (Å²) in [6.07, 6.45) is 2.28. The van der Waals surface area contributed by atoms with Crippen LogP contribution in [0.15, 0.2) is 41.0 Å². The SMILES string of the molecule is O=[N+]([O-])c1cccc(CNCCc2ccco2)c1F. The van der Waals surface area contributed by atoms with Crippen molar-refractivity contribution in [2.24, 2.45) is 0 Å². The van der Waals surface area contributed by atoms with E-state index in [1.165, 1.54) is 12.1 Å². The molecule has 0 unspecified atom stereocenters.